The summed E-state index contributed by atoms with van der Waals surface area (Å²) < 4.78 is 7.31. The van der Waals surface area contributed by atoms with E-state index in [1.165, 1.54) is 17.4 Å². The smallest absolute Gasteiger partial charge is 0.279 e. The first-order valence-electron chi connectivity index (χ1n) is 9.11. The van der Waals surface area contributed by atoms with Gasteiger partial charge in [0.1, 0.15) is 5.75 Å². The number of nitrogens with one attached hydrogen (secondary N) is 2. The average molecular weight is 475 g/mol. The molecule has 0 saturated heterocycles. The Morgan fingerprint density at radius 2 is 1.90 bits per heavy atom. The van der Waals surface area contributed by atoms with Crippen LogP contribution in [0.1, 0.15) is 9.67 Å². The Labute approximate surface area is 191 Å². The van der Waals surface area contributed by atoms with Crippen LogP contribution in [-0.4, -0.2) is 28.0 Å². The topological polar surface area (TPSA) is 85.2 Å². The van der Waals surface area contributed by atoms with Crippen LogP contribution < -0.4 is 15.6 Å². The van der Waals surface area contributed by atoms with Crippen molar-refractivity contribution in [1.29, 1.82) is 0 Å². The molecule has 2 N–H and O–H groups in total. The van der Waals surface area contributed by atoms with Gasteiger partial charge in [0.15, 0.2) is 12.4 Å². The van der Waals surface area contributed by atoms with Crippen molar-refractivity contribution in [1.82, 2.24) is 20.4 Å². The van der Waals surface area contributed by atoms with Gasteiger partial charge in [-0.2, -0.15) is 0 Å². The molecule has 31 heavy (non-hydrogen) atoms. The number of aryl methyl sites for hydroxylation is 1. The molecule has 7 nitrogen and oxygen atoms in total. The highest BCUT2D eigenvalue weighted by molar-refractivity contribution is 7.17. The second kappa shape index (κ2) is 8.97. The van der Waals surface area contributed by atoms with Crippen LogP contribution >= 0.6 is 34.5 Å². The molecule has 158 valence electrons. The van der Waals surface area contributed by atoms with Crippen LogP contribution in [0.5, 0.6) is 5.75 Å². The number of hydrogen-bond donors (Lipinski definition) is 2. The molecule has 2 aromatic carbocycles. The molecule has 0 aliphatic carbocycles. The van der Waals surface area contributed by atoms with Crippen molar-refractivity contribution < 1.29 is 14.3 Å². The van der Waals surface area contributed by atoms with Crippen LogP contribution in [0.15, 0.2) is 54.6 Å². The van der Waals surface area contributed by atoms with Crippen molar-refractivity contribution in [3.05, 3.63) is 69.5 Å². The van der Waals surface area contributed by atoms with Crippen LogP contribution in [0.4, 0.5) is 0 Å². The summed E-state index contributed by atoms with van der Waals surface area (Å²) in [5, 5.41) is 0.750. The molecular formula is C21H16Cl2N4O3S. The summed E-state index contributed by atoms with van der Waals surface area (Å²) >= 11 is 13.1. The van der Waals surface area contributed by atoms with Gasteiger partial charge in [-0.05, 0) is 42.5 Å². The maximum atomic E-state index is 12.4. The van der Waals surface area contributed by atoms with E-state index in [1.54, 1.807) is 18.2 Å². The Balaban J connectivity index is 1.35. The van der Waals surface area contributed by atoms with E-state index in [0.717, 1.165) is 21.7 Å². The van der Waals surface area contributed by atoms with Gasteiger partial charge in [-0.25, -0.2) is 4.98 Å². The van der Waals surface area contributed by atoms with E-state index >= 15 is 0 Å². The number of benzene rings is 2. The first kappa shape index (κ1) is 21.2. The lowest BCUT2D eigenvalue weighted by molar-refractivity contribution is -0.123. The summed E-state index contributed by atoms with van der Waals surface area (Å²) in [5.74, 6) is 0.111. The van der Waals surface area contributed by atoms with Gasteiger partial charge in [-0.3, -0.25) is 20.4 Å². The zero-order valence-electron chi connectivity index (χ0n) is 16.2. The minimum atomic E-state index is -0.536. The SMILES string of the molecule is Cn1c(-c2ccc(C(=O)NNC(=O)COc3ccc(Cl)cc3Cl)s2)nc2ccccc21. The number of carbonyl (C=O) groups excluding carboxylic acids is 2. The van der Waals surface area contributed by atoms with Gasteiger partial charge < -0.3 is 9.30 Å². The number of thiophene rings is 1. The van der Waals surface area contributed by atoms with Crippen molar-refractivity contribution in [3.63, 3.8) is 0 Å². The lowest BCUT2D eigenvalue weighted by Gasteiger charge is -2.09. The molecular weight excluding hydrogens is 459 g/mol. The van der Waals surface area contributed by atoms with E-state index in [9.17, 15) is 9.59 Å². The van der Waals surface area contributed by atoms with Crippen LogP contribution in [0, 0.1) is 0 Å². The molecule has 4 aromatic rings. The predicted octanol–water partition coefficient (Wildman–Crippen LogP) is 4.45. The Morgan fingerprint density at radius 3 is 2.68 bits per heavy atom. The van der Waals surface area contributed by atoms with E-state index in [-0.39, 0.29) is 11.6 Å². The zero-order chi connectivity index (χ0) is 22.0. The van der Waals surface area contributed by atoms with E-state index in [0.29, 0.717) is 15.6 Å². The summed E-state index contributed by atoms with van der Waals surface area (Å²) in [6.45, 7) is -0.322. The normalized spacial score (nSPS) is 10.8. The third-order valence-electron chi connectivity index (χ3n) is 4.41. The fourth-order valence-corrected chi connectivity index (χ4v) is 4.30. The molecule has 0 bridgehead atoms. The van der Waals surface area contributed by atoms with Crippen molar-refractivity contribution in [3.8, 4) is 16.5 Å². The lowest BCUT2D eigenvalue weighted by atomic mass is 10.3. The third-order valence-corrected chi connectivity index (χ3v) is 6.02. The van der Waals surface area contributed by atoms with E-state index in [1.807, 2.05) is 41.9 Å². The Morgan fingerprint density at radius 1 is 1.10 bits per heavy atom. The van der Waals surface area contributed by atoms with Gasteiger partial charge in [0, 0.05) is 12.1 Å². The van der Waals surface area contributed by atoms with Gasteiger partial charge in [0.2, 0.25) is 0 Å². The Hall–Kier alpha value is -3.07. The highest BCUT2D eigenvalue weighted by atomic mass is 35.5. The van der Waals surface area contributed by atoms with Crippen molar-refractivity contribution >= 4 is 57.4 Å². The summed E-state index contributed by atoms with van der Waals surface area (Å²) in [7, 11) is 1.93. The lowest BCUT2D eigenvalue weighted by Crippen LogP contribution is -2.43. The molecule has 2 amide bonds. The minimum Gasteiger partial charge on any atom is -0.482 e. The number of ether oxygens (including phenoxy) is 1. The summed E-state index contributed by atoms with van der Waals surface area (Å²) in [5.41, 5.74) is 6.58. The molecule has 0 saturated carbocycles. The Kier molecular flexibility index (Phi) is 6.13. The van der Waals surface area contributed by atoms with E-state index in [4.69, 9.17) is 27.9 Å². The van der Waals surface area contributed by atoms with Crippen LogP contribution in [-0.2, 0) is 11.8 Å². The fourth-order valence-electron chi connectivity index (χ4n) is 2.91. The molecule has 0 aliphatic heterocycles. The first-order valence-corrected chi connectivity index (χ1v) is 10.7. The molecule has 2 heterocycles. The monoisotopic (exact) mass is 474 g/mol. The number of amides is 2. The number of carbonyl (C=O) groups is 2. The summed E-state index contributed by atoms with van der Waals surface area (Å²) in [6, 6.07) is 16.0. The summed E-state index contributed by atoms with van der Waals surface area (Å²) in [4.78, 5) is 30.3. The number of hydrogen-bond acceptors (Lipinski definition) is 5. The largest absolute Gasteiger partial charge is 0.482 e. The second-order valence-corrected chi connectivity index (χ2v) is 8.44. The molecule has 4 rings (SSSR count). The molecule has 0 radical (unpaired) electrons. The number of rotatable bonds is 5. The van der Waals surface area contributed by atoms with E-state index < -0.39 is 11.8 Å². The predicted molar refractivity (Wildman–Crippen MR) is 122 cm³/mol. The molecule has 0 aliphatic rings. The maximum Gasteiger partial charge on any atom is 0.279 e. The average Bonchev–Trinajstić information content (AvgIpc) is 3.37. The van der Waals surface area contributed by atoms with Gasteiger partial charge >= 0.3 is 0 Å². The number of nitrogens with zero attached hydrogens (tertiary/aromatic N) is 2. The van der Waals surface area contributed by atoms with Crippen LogP contribution in [0.2, 0.25) is 10.0 Å². The minimum absolute atomic E-state index is 0.289. The first-order chi connectivity index (χ1) is 14.9. The molecule has 2 aromatic heterocycles. The highest BCUT2D eigenvalue weighted by Crippen LogP contribution is 2.30. The highest BCUT2D eigenvalue weighted by Gasteiger charge is 2.15. The standard InChI is InChI=1S/C21H16Cl2N4O3S/c1-27-15-5-3-2-4-14(15)24-20(27)17-8-9-18(31-17)21(29)26-25-19(28)11-30-16-7-6-12(22)10-13(16)23/h2-10H,11H2,1H3,(H,25,28)(H,26,29). The van der Waals surface area contributed by atoms with Crippen molar-refractivity contribution in [2.45, 2.75) is 0 Å². The second-order valence-electron chi connectivity index (χ2n) is 6.51. The number of aromatic nitrogens is 2. The molecule has 0 fully saturated rings. The van der Waals surface area contributed by atoms with Gasteiger partial charge in [0.25, 0.3) is 11.8 Å². The Bertz CT molecular complexity index is 1280. The quantitative estimate of drug-likeness (QED) is 0.418. The van der Waals surface area contributed by atoms with Crippen LogP contribution in [0.3, 0.4) is 0 Å². The number of para-hydroxylation sites is 2. The van der Waals surface area contributed by atoms with Crippen LogP contribution in [0.25, 0.3) is 21.7 Å². The number of imidazole rings is 1. The molecule has 10 heteroatoms. The third kappa shape index (κ3) is 4.66. The zero-order valence-corrected chi connectivity index (χ0v) is 18.5. The van der Waals surface area contributed by atoms with Crippen molar-refractivity contribution in [2.75, 3.05) is 6.61 Å². The van der Waals surface area contributed by atoms with Gasteiger partial charge in [-0.1, -0.05) is 35.3 Å². The van der Waals surface area contributed by atoms with Gasteiger partial charge in [0.05, 0.1) is 25.8 Å². The fraction of sp³-hybridized carbons (Fsp3) is 0.0952. The molecule has 0 atom stereocenters. The maximum absolute atomic E-state index is 12.4. The summed E-state index contributed by atoms with van der Waals surface area (Å²) in [6.07, 6.45) is 0. The number of halogens is 2. The van der Waals surface area contributed by atoms with E-state index in [2.05, 4.69) is 15.8 Å². The number of fused-ring (bicyclic) bond motifs is 1. The molecule has 0 spiro atoms. The van der Waals surface area contributed by atoms with Crippen molar-refractivity contribution in [2.24, 2.45) is 7.05 Å². The molecule has 0 unspecified atom stereocenters. The van der Waals surface area contributed by atoms with Gasteiger partial charge in [-0.15, -0.1) is 11.3 Å². The number of hydrazine groups is 1.